The van der Waals surface area contributed by atoms with Crippen LogP contribution in [0.1, 0.15) is 26.2 Å². The molecular formula is C15H17BrN2O2. The molecule has 2 unspecified atom stereocenters. The van der Waals surface area contributed by atoms with Crippen LogP contribution in [0.2, 0.25) is 0 Å². The van der Waals surface area contributed by atoms with Crippen molar-refractivity contribution in [3.8, 4) is 0 Å². The second-order valence-electron chi connectivity index (χ2n) is 5.68. The van der Waals surface area contributed by atoms with Gasteiger partial charge < -0.3 is 5.73 Å². The largest absolute Gasteiger partial charge is 0.399 e. The second kappa shape index (κ2) is 4.88. The van der Waals surface area contributed by atoms with Gasteiger partial charge in [-0.25, -0.2) is 4.90 Å². The summed E-state index contributed by atoms with van der Waals surface area (Å²) in [6.45, 7) is 2.12. The molecule has 1 saturated heterocycles. The summed E-state index contributed by atoms with van der Waals surface area (Å²) in [6, 6.07) is 5.19. The number of amides is 2. The van der Waals surface area contributed by atoms with Crippen LogP contribution in [0.25, 0.3) is 0 Å². The lowest BCUT2D eigenvalue weighted by molar-refractivity contribution is -0.123. The van der Waals surface area contributed by atoms with Crippen molar-refractivity contribution in [2.45, 2.75) is 26.2 Å². The molecule has 5 heteroatoms. The number of carbonyl (C=O) groups is 2. The molecule has 0 aromatic heterocycles. The van der Waals surface area contributed by atoms with Gasteiger partial charge in [0.25, 0.3) is 0 Å². The van der Waals surface area contributed by atoms with Crippen LogP contribution in [-0.4, -0.2) is 11.8 Å². The van der Waals surface area contributed by atoms with Crippen molar-refractivity contribution in [3.63, 3.8) is 0 Å². The number of anilines is 2. The van der Waals surface area contributed by atoms with E-state index in [1.54, 1.807) is 18.2 Å². The van der Waals surface area contributed by atoms with Crippen molar-refractivity contribution in [2.75, 3.05) is 10.6 Å². The maximum absolute atomic E-state index is 12.6. The van der Waals surface area contributed by atoms with Gasteiger partial charge in [-0.3, -0.25) is 9.59 Å². The summed E-state index contributed by atoms with van der Waals surface area (Å²) in [5, 5.41) is 0. The van der Waals surface area contributed by atoms with E-state index in [0.717, 1.165) is 23.7 Å². The van der Waals surface area contributed by atoms with E-state index in [2.05, 4.69) is 22.9 Å². The third-order valence-electron chi connectivity index (χ3n) is 4.52. The first-order chi connectivity index (χ1) is 9.52. The smallest absolute Gasteiger partial charge is 0.237 e. The Morgan fingerprint density at radius 3 is 2.40 bits per heavy atom. The lowest BCUT2D eigenvalue weighted by Gasteiger charge is -2.19. The van der Waals surface area contributed by atoms with Crippen molar-refractivity contribution in [1.82, 2.24) is 0 Å². The van der Waals surface area contributed by atoms with Crippen molar-refractivity contribution >= 4 is 39.1 Å². The second-order valence-corrected chi connectivity index (χ2v) is 6.54. The van der Waals surface area contributed by atoms with Gasteiger partial charge in [-0.05, 0) is 52.9 Å². The Balaban J connectivity index is 1.96. The fourth-order valence-electron chi connectivity index (χ4n) is 3.40. The fraction of sp³-hybridized carbons (Fsp3) is 0.467. The molecule has 4 nitrogen and oxygen atoms in total. The molecule has 0 radical (unpaired) electrons. The molecular weight excluding hydrogens is 320 g/mol. The molecule has 1 saturated carbocycles. The third kappa shape index (κ3) is 1.95. The Morgan fingerprint density at radius 1 is 1.25 bits per heavy atom. The van der Waals surface area contributed by atoms with Gasteiger partial charge in [0, 0.05) is 10.2 Å². The van der Waals surface area contributed by atoms with Crippen LogP contribution in [0.4, 0.5) is 11.4 Å². The molecule has 106 valence electrons. The Bertz CT molecular complexity index is 563. The minimum absolute atomic E-state index is 0.0674. The summed E-state index contributed by atoms with van der Waals surface area (Å²) in [5.74, 6) is 0.0930. The van der Waals surface area contributed by atoms with Gasteiger partial charge >= 0.3 is 0 Å². The number of rotatable bonds is 2. The van der Waals surface area contributed by atoms with Gasteiger partial charge in [0.2, 0.25) is 11.8 Å². The molecule has 1 heterocycles. The number of imide groups is 1. The average molecular weight is 337 g/mol. The van der Waals surface area contributed by atoms with Crippen LogP contribution in [0.3, 0.4) is 0 Å². The Kier molecular flexibility index (Phi) is 3.32. The molecule has 0 bridgehead atoms. The van der Waals surface area contributed by atoms with Gasteiger partial charge in [0.1, 0.15) is 0 Å². The normalized spacial score (nSPS) is 29.1. The Morgan fingerprint density at radius 2 is 1.85 bits per heavy atom. The number of nitrogens with zero attached hydrogens (tertiary/aromatic N) is 1. The van der Waals surface area contributed by atoms with Crippen LogP contribution in [0.5, 0.6) is 0 Å². The number of nitrogens with two attached hydrogens (primary N) is 1. The topological polar surface area (TPSA) is 63.4 Å². The summed E-state index contributed by atoms with van der Waals surface area (Å²) in [6.07, 6.45) is 2.71. The van der Waals surface area contributed by atoms with E-state index in [-0.39, 0.29) is 23.7 Å². The van der Waals surface area contributed by atoms with Crippen molar-refractivity contribution in [3.05, 3.63) is 22.7 Å². The van der Waals surface area contributed by atoms with E-state index in [1.165, 1.54) is 4.90 Å². The van der Waals surface area contributed by atoms with E-state index >= 15 is 0 Å². The SMILES string of the molecule is CCC1CC2C(=O)N(c3cc(N)ccc3Br)C(=O)C2C1. The fourth-order valence-corrected chi connectivity index (χ4v) is 3.82. The summed E-state index contributed by atoms with van der Waals surface area (Å²) >= 11 is 3.40. The van der Waals surface area contributed by atoms with Gasteiger partial charge in [-0.1, -0.05) is 13.3 Å². The lowest BCUT2D eigenvalue weighted by atomic mass is 10.00. The van der Waals surface area contributed by atoms with Crippen molar-refractivity contribution in [2.24, 2.45) is 17.8 Å². The number of hydrogen-bond acceptors (Lipinski definition) is 3. The van der Waals surface area contributed by atoms with Crippen LogP contribution in [0.15, 0.2) is 22.7 Å². The average Bonchev–Trinajstić information content (AvgIpc) is 2.94. The zero-order valence-electron chi connectivity index (χ0n) is 11.3. The molecule has 2 fully saturated rings. The maximum Gasteiger partial charge on any atom is 0.237 e. The predicted molar refractivity (Wildman–Crippen MR) is 81.0 cm³/mol. The van der Waals surface area contributed by atoms with Crippen molar-refractivity contribution < 1.29 is 9.59 Å². The lowest BCUT2D eigenvalue weighted by Crippen LogP contribution is -2.32. The zero-order valence-corrected chi connectivity index (χ0v) is 12.9. The van der Waals surface area contributed by atoms with Crippen LogP contribution >= 0.6 is 15.9 Å². The van der Waals surface area contributed by atoms with Gasteiger partial charge in [-0.2, -0.15) is 0 Å². The Labute approximate surface area is 126 Å². The first kappa shape index (κ1) is 13.6. The number of nitrogen functional groups attached to an aromatic ring is 1. The minimum Gasteiger partial charge on any atom is -0.399 e. The molecule has 2 aliphatic rings. The van der Waals surface area contributed by atoms with Gasteiger partial charge in [0.05, 0.1) is 17.5 Å². The summed E-state index contributed by atoms with van der Waals surface area (Å²) in [4.78, 5) is 26.5. The number of benzene rings is 1. The van der Waals surface area contributed by atoms with E-state index in [4.69, 9.17) is 5.73 Å². The zero-order chi connectivity index (χ0) is 14.4. The molecule has 1 aliphatic heterocycles. The number of halogens is 1. The highest BCUT2D eigenvalue weighted by Crippen LogP contribution is 2.46. The van der Waals surface area contributed by atoms with E-state index in [9.17, 15) is 9.59 Å². The standard InChI is InChI=1S/C15H17BrN2O2/c1-2-8-5-10-11(6-8)15(20)18(14(10)19)13-7-9(17)3-4-12(13)16/h3-4,7-8,10-11H,2,5-6,17H2,1H3. The van der Waals surface area contributed by atoms with Gasteiger partial charge in [-0.15, -0.1) is 0 Å². The highest BCUT2D eigenvalue weighted by atomic mass is 79.9. The van der Waals surface area contributed by atoms with E-state index in [0.29, 0.717) is 17.3 Å². The molecule has 1 aromatic carbocycles. The molecule has 2 atom stereocenters. The summed E-state index contributed by atoms with van der Waals surface area (Å²) < 4.78 is 0.723. The number of carbonyl (C=O) groups excluding carboxylic acids is 2. The first-order valence-corrected chi connectivity index (χ1v) is 7.75. The molecule has 2 amide bonds. The molecule has 0 spiro atoms. The summed E-state index contributed by atoms with van der Waals surface area (Å²) in [5.41, 5.74) is 6.90. The highest BCUT2D eigenvalue weighted by Gasteiger charge is 2.53. The van der Waals surface area contributed by atoms with E-state index < -0.39 is 0 Å². The Hall–Kier alpha value is -1.36. The molecule has 2 N–H and O–H groups in total. The third-order valence-corrected chi connectivity index (χ3v) is 5.19. The molecule has 3 rings (SSSR count). The van der Waals surface area contributed by atoms with Crippen LogP contribution in [-0.2, 0) is 9.59 Å². The summed E-state index contributed by atoms with van der Waals surface area (Å²) in [7, 11) is 0. The number of hydrogen-bond donors (Lipinski definition) is 1. The van der Waals surface area contributed by atoms with Crippen LogP contribution < -0.4 is 10.6 Å². The highest BCUT2D eigenvalue weighted by molar-refractivity contribution is 9.10. The number of fused-ring (bicyclic) bond motifs is 1. The maximum atomic E-state index is 12.6. The van der Waals surface area contributed by atoms with E-state index in [1.807, 2.05) is 0 Å². The minimum atomic E-state index is -0.138. The van der Waals surface area contributed by atoms with Crippen LogP contribution in [0, 0.1) is 17.8 Å². The molecule has 20 heavy (non-hydrogen) atoms. The molecule has 1 aliphatic carbocycles. The predicted octanol–water partition coefficient (Wildman–Crippen LogP) is 2.96. The molecule has 1 aromatic rings. The van der Waals surface area contributed by atoms with Crippen molar-refractivity contribution in [1.29, 1.82) is 0 Å². The first-order valence-electron chi connectivity index (χ1n) is 6.95. The monoisotopic (exact) mass is 336 g/mol. The van der Waals surface area contributed by atoms with Gasteiger partial charge in [0.15, 0.2) is 0 Å². The quantitative estimate of drug-likeness (QED) is 0.667.